The van der Waals surface area contributed by atoms with Crippen molar-refractivity contribution in [3.05, 3.63) is 47.9 Å². The Labute approximate surface area is 113 Å². The number of carbonyl (C=O) groups is 1. The molecule has 1 unspecified atom stereocenters. The fraction of sp³-hybridized carbons (Fsp3) is 0.286. The standard InChI is InChI=1S/C14H17ClNO2/c1-5-13(9(2)3)18-14(17)16-11-7-6-10(4)12(15)8-11/h6-8,13H,1-2,5H2,3-4H3,(H,16,17). The van der Waals surface area contributed by atoms with Crippen molar-refractivity contribution in [1.82, 2.24) is 0 Å². The van der Waals surface area contributed by atoms with Crippen LogP contribution in [0.4, 0.5) is 10.5 Å². The van der Waals surface area contributed by atoms with Crippen molar-refractivity contribution in [2.45, 2.75) is 26.4 Å². The molecular weight excluding hydrogens is 250 g/mol. The average Bonchev–Trinajstić information content (AvgIpc) is 2.30. The summed E-state index contributed by atoms with van der Waals surface area (Å²) in [7, 11) is 0. The van der Waals surface area contributed by atoms with E-state index in [-0.39, 0.29) is 6.10 Å². The number of hydrogen-bond acceptors (Lipinski definition) is 2. The average molecular weight is 267 g/mol. The van der Waals surface area contributed by atoms with E-state index < -0.39 is 6.09 Å². The molecule has 0 fully saturated rings. The van der Waals surface area contributed by atoms with Crippen LogP contribution in [0.2, 0.25) is 5.02 Å². The summed E-state index contributed by atoms with van der Waals surface area (Å²) in [6.45, 7) is 11.1. The van der Waals surface area contributed by atoms with Gasteiger partial charge in [0.05, 0.1) is 0 Å². The third-order valence-corrected chi connectivity index (χ3v) is 2.89. The summed E-state index contributed by atoms with van der Waals surface area (Å²) in [6.07, 6.45) is -0.449. The monoisotopic (exact) mass is 266 g/mol. The molecule has 1 atom stereocenters. The summed E-state index contributed by atoms with van der Waals surface area (Å²) in [5, 5.41) is 3.21. The lowest BCUT2D eigenvalue weighted by molar-refractivity contribution is 0.129. The van der Waals surface area contributed by atoms with Gasteiger partial charge in [0.15, 0.2) is 0 Å². The number of benzene rings is 1. The minimum atomic E-state index is -0.536. The number of aryl methyl sites for hydroxylation is 1. The Hall–Kier alpha value is -1.48. The molecule has 1 amide bonds. The van der Waals surface area contributed by atoms with E-state index >= 15 is 0 Å². The molecule has 0 heterocycles. The van der Waals surface area contributed by atoms with Gasteiger partial charge in [-0.3, -0.25) is 5.32 Å². The van der Waals surface area contributed by atoms with E-state index in [1.54, 1.807) is 19.1 Å². The van der Waals surface area contributed by atoms with Crippen LogP contribution >= 0.6 is 11.6 Å². The molecule has 18 heavy (non-hydrogen) atoms. The second-order valence-electron chi connectivity index (χ2n) is 4.12. The van der Waals surface area contributed by atoms with Crippen LogP contribution in [-0.2, 0) is 4.74 Å². The van der Waals surface area contributed by atoms with E-state index in [0.29, 0.717) is 17.1 Å². The van der Waals surface area contributed by atoms with Crippen molar-refractivity contribution in [1.29, 1.82) is 0 Å². The minimum Gasteiger partial charge on any atom is -0.441 e. The van der Waals surface area contributed by atoms with E-state index in [9.17, 15) is 4.79 Å². The highest BCUT2D eigenvalue weighted by Crippen LogP contribution is 2.20. The predicted molar refractivity (Wildman–Crippen MR) is 74.9 cm³/mol. The molecule has 3 nitrogen and oxygen atoms in total. The maximum atomic E-state index is 11.6. The maximum absolute atomic E-state index is 11.6. The number of ether oxygens (including phenoxy) is 1. The molecule has 1 aromatic rings. The largest absolute Gasteiger partial charge is 0.441 e. The molecule has 0 saturated heterocycles. The molecule has 1 N–H and O–H groups in total. The first-order chi connectivity index (χ1) is 8.43. The zero-order valence-corrected chi connectivity index (χ0v) is 11.4. The summed E-state index contributed by atoms with van der Waals surface area (Å²) < 4.78 is 5.18. The summed E-state index contributed by atoms with van der Waals surface area (Å²) in [4.78, 5) is 11.6. The number of hydrogen-bond donors (Lipinski definition) is 1. The summed E-state index contributed by atoms with van der Waals surface area (Å²) >= 11 is 5.96. The lowest BCUT2D eigenvalue weighted by Crippen LogP contribution is -2.22. The molecule has 0 spiro atoms. The molecule has 0 saturated carbocycles. The van der Waals surface area contributed by atoms with Crippen LogP contribution in [0.25, 0.3) is 0 Å². The first kappa shape index (κ1) is 14.6. The van der Waals surface area contributed by atoms with Gasteiger partial charge < -0.3 is 4.74 Å². The molecule has 1 radical (unpaired) electrons. The highest BCUT2D eigenvalue weighted by Gasteiger charge is 2.13. The van der Waals surface area contributed by atoms with Crippen LogP contribution in [0.15, 0.2) is 30.4 Å². The van der Waals surface area contributed by atoms with Crippen molar-refractivity contribution in [2.24, 2.45) is 0 Å². The molecule has 0 bridgehead atoms. The molecule has 4 heteroatoms. The lowest BCUT2D eigenvalue weighted by atomic mass is 10.1. The van der Waals surface area contributed by atoms with Crippen LogP contribution in [0, 0.1) is 13.8 Å². The van der Waals surface area contributed by atoms with Crippen molar-refractivity contribution >= 4 is 23.4 Å². The normalized spacial score (nSPS) is 11.8. The van der Waals surface area contributed by atoms with Crippen LogP contribution < -0.4 is 5.32 Å². The molecule has 1 rings (SSSR count). The number of anilines is 1. The molecule has 1 aromatic carbocycles. The Morgan fingerprint density at radius 1 is 1.56 bits per heavy atom. The number of nitrogens with one attached hydrogen (secondary N) is 1. The van der Waals surface area contributed by atoms with E-state index in [2.05, 4.69) is 18.8 Å². The number of halogens is 1. The first-order valence-corrected chi connectivity index (χ1v) is 6.00. The minimum absolute atomic E-state index is 0.370. The van der Waals surface area contributed by atoms with Gasteiger partial charge in [-0.05, 0) is 50.5 Å². The van der Waals surface area contributed by atoms with Gasteiger partial charge in [0, 0.05) is 10.7 Å². The van der Waals surface area contributed by atoms with E-state index in [1.165, 1.54) is 0 Å². The van der Waals surface area contributed by atoms with Crippen LogP contribution in [-0.4, -0.2) is 12.2 Å². The van der Waals surface area contributed by atoms with Gasteiger partial charge in [0.1, 0.15) is 6.10 Å². The third-order valence-electron chi connectivity index (χ3n) is 2.48. The molecule has 0 aliphatic rings. The first-order valence-electron chi connectivity index (χ1n) is 5.62. The van der Waals surface area contributed by atoms with Crippen molar-refractivity contribution in [3.8, 4) is 0 Å². The second kappa shape index (κ2) is 6.45. The fourth-order valence-electron chi connectivity index (χ4n) is 1.35. The highest BCUT2D eigenvalue weighted by atomic mass is 35.5. The number of rotatable bonds is 4. The van der Waals surface area contributed by atoms with Crippen molar-refractivity contribution in [3.63, 3.8) is 0 Å². The van der Waals surface area contributed by atoms with Gasteiger partial charge in [-0.15, -0.1) is 0 Å². The van der Waals surface area contributed by atoms with Gasteiger partial charge in [-0.2, -0.15) is 0 Å². The zero-order chi connectivity index (χ0) is 13.7. The lowest BCUT2D eigenvalue weighted by Gasteiger charge is -2.16. The van der Waals surface area contributed by atoms with Gasteiger partial charge >= 0.3 is 6.09 Å². The van der Waals surface area contributed by atoms with Crippen LogP contribution in [0.5, 0.6) is 0 Å². The van der Waals surface area contributed by atoms with Gasteiger partial charge in [-0.25, -0.2) is 4.79 Å². The Morgan fingerprint density at radius 3 is 2.72 bits per heavy atom. The SMILES string of the molecule is [CH2]CC(OC(=O)Nc1ccc(C)c(Cl)c1)C(=C)C. The zero-order valence-electron chi connectivity index (χ0n) is 10.6. The second-order valence-corrected chi connectivity index (χ2v) is 4.53. The predicted octanol–water partition coefficient (Wildman–Crippen LogP) is 4.37. The highest BCUT2D eigenvalue weighted by molar-refractivity contribution is 6.31. The molecule has 0 aliphatic heterocycles. The van der Waals surface area contributed by atoms with Crippen molar-refractivity contribution in [2.75, 3.05) is 5.32 Å². The summed E-state index contributed by atoms with van der Waals surface area (Å²) in [5.41, 5.74) is 2.32. The molecule has 0 aromatic heterocycles. The molecule has 0 aliphatic carbocycles. The van der Waals surface area contributed by atoms with E-state index in [0.717, 1.165) is 11.1 Å². The quantitative estimate of drug-likeness (QED) is 0.822. The Kier molecular flexibility index (Phi) is 5.23. The number of carbonyl (C=O) groups excluding carboxylic acids is 1. The van der Waals surface area contributed by atoms with Gasteiger partial charge in [0.2, 0.25) is 0 Å². The van der Waals surface area contributed by atoms with Crippen LogP contribution in [0.3, 0.4) is 0 Å². The number of amides is 1. The van der Waals surface area contributed by atoms with Gasteiger partial charge in [0.25, 0.3) is 0 Å². The van der Waals surface area contributed by atoms with E-state index in [4.69, 9.17) is 16.3 Å². The maximum Gasteiger partial charge on any atom is 0.412 e. The topological polar surface area (TPSA) is 38.3 Å². The molecule has 97 valence electrons. The summed E-state index contributed by atoms with van der Waals surface area (Å²) in [5.74, 6) is 0. The fourth-order valence-corrected chi connectivity index (χ4v) is 1.53. The van der Waals surface area contributed by atoms with Gasteiger partial charge in [-0.1, -0.05) is 24.2 Å². The van der Waals surface area contributed by atoms with Crippen LogP contribution in [0.1, 0.15) is 18.9 Å². The Balaban J connectivity index is 2.64. The third kappa shape index (κ3) is 4.08. The smallest absolute Gasteiger partial charge is 0.412 e. The molecular formula is C14H17ClNO2. The summed E-state index contributed by atoms with van der Waals surface area (Å²) in [6, 6.07) is 5.27. The Morgan fingerprint density at radius 2 is 2.22 bits per heavy atom. The van der Waals surface area contributed by atoms with E-state index in [1.807, 2.05) is 13.0 Å². The Bertz CT molecular complexity index is 457. The van der Waals surface area contributed by atoms with Crippen molar-refractivity contribution < 1.29 is 9.53 Å².